The molecule has 3 aromatic rings. The number of nitrogens with zero attached hydrogens (tertiary/aromatic N) is 2. The van der Waals surface area contributed by atoms with Crippen molar-refractivity contribution in [2.75, 3.05) is 5.73 Å². The zero-order valence-electron chi connectivity index (χ0n) is 12.3. The average Bonchev–Trinajstić information content (AvgIpc) is 2.86. The van der Waals surface area contributed by atoms with Crippen LogP contribution in [0, 0.1) is 5.82 Å². The van der Waals surface area contributed by atoms with Crippen LogP contribution in [-0.2, 0) is 6.18 Å². The molecule has 3 rings (SSSR count). The Hall–Kier alpha value is -2.25. The molecule has 0 amide bonds. The molecule has 2 N–H and O–H groups in total. The minimum absolute atomic E-state index is 0.201. The molecule has 0 radical (unpaired) electrons. The number of anilines is 1. The van der Waals surface area contributed by atoms with Gasteiger partial charge in [-0.15, -0.1) is 0 Å². The number of hydrogen-bond acceptors (Lipinski definition) is 2. The van der Waals surface area contributed by atoms with Gasteiger partial charge in [0.05, 0.1) is 16.3 Å². The van der Waals surface area contributed by atoms with Crippen LogP contribution in [0.5, 0.6) is 0 Å². The lowest BCUT2D eigenvalue weighted by Gasteiger charge is -2.09. The van der Waals surface area contributed by atoms with Crippen LogP contribution in [0.1, 0.15) is 5.69 Å². The highest BCUT2D eigenvalue weighted by Crippen LogP contribution is 2.43. The van der Waals surface area contributed by atoms with Crippen LogP contribution in [0.4, 0.5) is 23.4 Å². The van der Waals surface area contributed by atoms with Crippen LogP contribution >= 0.6 is 23.2 Å². The van der Waals surface area contributed by atoms with Crippen LogP contribution in [0.2, 0.25) is 10.0 Å². The van der Waals surface area contributed by atoms with Gasteiger partial charge in [0.2, 0.25) is 0 Å². The lowest BCUT2D eigenvalue weighted by atomic mass is 10.0. The molecule has 0 atom stereocenters. The highest BCUT2D eigenvalue weighted by molar-refractivity contribution is 6.33. The Morgan fingerprint density at radius 3 is 2.16 bits per heavy atom. The molecule has 0 aliphatic heterocycles. The van der Waals surface area contributed by atoms with E-state index < -0.39 is 28.8 Å². The molecular weight excluding hydrogens is 381 g/mol. The van der Waals surface area contributed by atoms with Crippen molar-refractivity contribution in [2.24, 2.45) is 0 Å². The van der Waals surface area contributed by atoms with Gasteiger partial charge < -0.3 is 5.73 Å². The van der Waals surface area contributed by atoms with Gasteiger partial charge in [-0.2, -0.15) is 18.3 Å². The SMILES string of the molecule is Nc1c(-c2c(F)cccc2Cl)c(C(F)(F)F)nn1-c1ccc(Cl)cc1. The molecule has 25 heavy (non-hydrogen) atoms. The zero-order chi connectivity index (χ0) is 18.4. The Morgan fingerprint density at radius 1 is 0.960 bits per heavy atom. The molecule has 1 heterocycles. The summed E-state index contributed by atoms with van der Waals surface area (Å²) in [6.07, 6.45) is -4.85. The maximum Gasteiger partial charge on any atom is 0.435 e. The first-order valence-electron chi connectivity index (χ1n) is 6.86. The molecule has 0 spiro atoms. The molecule has 1 aromatic heterocycles. The van der Waals surface area contributed by atoms with Gasteiger partial charge in [-0.1, -0.05) is 29.3 Å². The second-order valence-corrected chi connectivity index (χ2v) is 5.94. The smallest absolute Gasteiger partial charge is 0.383 e. The summed E-state index contributed by atoms with van der Waals surface area (Å²) in [4.78, 5) is 0. The molecule has 130 valence electrons. The van der Waals surface area contributed by atoms with E-state index in [1.54, 1.807) is 0 Å². The summed E-state index contributed by atoms with van der Waals surface area (Å²) in [5, 5.41) is 3.73. The van der Waals surface area contributed by atoms with Crippen LogP contribution in [0.3, 0.4) is 0 Å². The number of nitrogen functional groups attached to an aromatic ring is 1. The van der Waals surface area contributed by atoms with Crippen LogP contribution in [0.15, 0.2) is 42.5 Å². The molecule has 0 aliphatic rings. The van der Waals surface area contributed by atoms with Gasteiger partial charge in [0, 0.05) is 10.6 Å². The zero-order valence-corrected chi connectivity index (χ0v) is 13.8. The lowest BCUT2D eigenvalue weighted by molar-refractivity contribution is -0.140. The lowest BCUT2D eigenvalue weighted by Crippen LogP contribution is -2.09. The number of halogens is 6. The largest absolute Gasteiger partial charge is 0.435 e. The standard InChI is InChI=1S/C16H9Cl2F4N3/c17-8-4-6-9(7-5-8)25-15(23)13(14(24-25)16(20,21)22)12-10(18)2-1-3-11(12)19/h1-7H,23H2. The van der Waals surface area contributed by atoms with E-state index in [1.807, 2.05) is 0 Å². The fraction of sp³-hybridized carbons (Fsp3) is 0.0625. The molecule has 0 aliphatic carbocycles. The first-order chi connectivity index (χ1) is 11.7. The van der Waals surface area contributed by atoms with Crippen molar-refractivity contribution in [2.45, 2.75) is 6.18 Å². The quantitative estimate of drug-likeness (QED) is 0.580. The predicted octanol–water partition coefficient (Wildman–Crippen LogP) is 5.59. The highest BCUT2D eigenvalue weighted by Gasteiger charge is 2.40. The molecule has 9 heteroatoms. The monoisotopic (exact) mass is 389 g/mol. The molecule has 0 saturated carbocycles. The van der Waals surface area contributed by atoms with E-state index >= 15 is 0 Å². The van der Waals surface area contributed by atoms with Crippen molar-refractivity contribution in [3.8, 4) is 16.8 Å². The summed E-state index contributed by atoms with van der Waals surface area (Å²) in [6.45, 7) is 0. The summed E-state index contributed by atoms with van der Waals surface area (Å²) >= 11 is 11.7. The Balaban J connectivity index is 2.33. The van der Waals surface area contributed by atoms with E-state index in [2.05, 4.69) is 5.10 Å². The molecular formula is C16H9Cl2F4N3. The van der Waals surface area contributed by atoms with Gasteiger partial charge in [-0.3, -0.25) is 0 Å². The highest BCUT2D eigenvalue weighted by atomic mass is 35.5. The number of hydrogen-bond donors (Lipinski definition) is 1. The third-order valence-electron chi connectivity index (χ3n) is 3.47. The molecule has 0 unspecified atom stereocenters. The Bertz CT molecular complexity index is 914. The number of rotatable bonds is 2. The topological polar surface area (TPSA) is 43.8 Å². The van der Waals surface area contributed by atoms with Crippen LogP contribution < -0.4 is 5.73 Å². The second kappa shape index (κ2) is 6.24. The van der Waals surface area contributed by atoms with Crippen LogP contribution in [0.25, 0.3) is 16.8 Å². The summed E-state index contributed by atoms with van der Waals surface area (Å²) in [6, 6.07) is 9.40. The molecule has 0 fully saturated rings. The second-order valence-electron chi connectivity index (χ2n) is 5.09. The fourth-order valence-electron chi connectivity index (χ4n) is 2.39. The van der Waals surface area contributed by atoms with Gasteiger partial charge in [0.1, 0.15) is 11.6 Å². The van der Waals surface area contributed by atoms with Gasteiger partial charge >= 0.3 is 6.18 Å². The minimum Gasteiger partial charge on any atom is -0.383 e. The third kappa shape index (κ3) is 3.17. The van der Waals surface area contributed by atoms with Gasteiger partial charge in [-0.05, 0) is 36.4 Å². The van der Waals surface area contributed by atoms with E-state index in [-0.39, 0.29) is 16.5 Å². The van der Waals surface area contributed by atoms with E-state index in [0.717, 1.165) is 10.7 Å². The number of nitrogens with two attached hydrogens (primary N) is 1. The molecule has 2 aromatic carbocycles. The number of alkyl halides is 3. The van der Waals surface area contributed by atoms with Crippen molar-refractivity contribution in [1.82, 2.24) is 9.78 Å². The Kier molecular flexibility index (Phi) is 4.38. The number of benzene rings is 2. The average molecular weight is 390 g/mol. The fourth-order valence-corrected chi connectivity index (χ4v) is 2.78. The Morgan fingerprint density at radius 2 is 1.60 bits per heavy atom. The third-order valence-corrected chi connectivity index (χ3v) is 4.04. The summed E-state index contributed by atoms with van der Waals surface area (Å²) < 4.78 is 55.4. The summed E-state index contributed by atoms with van der Waals surface area (Å²) in [7, 11) is 0. The van der Waals surface area contributed by atoms with Crippen molar-refractivity contribution in [1.29, 1.82) is 0 Å². The maximum absolute atomic E-state index is 14.2. The van der Waals surface area contributed by atoms with Crippen molar-refractivity contribution < 1.29 is 17.6 Å². The molecule has 0 saturated heterocycles. The molecule has 3 nitrogen and oxygen atoms in total. The van der Waals surface area contributed by atoms with Gasteiger partial charge in [0.25, 0.3) is 0 Å². The van der Waals surface area contributed by atoms with Gasteiger partial charge in [0.15, 0.2) is 5.69 Å². The van der Waals surface area contributed by atoms with Crippen LogP contribution in [-0.4, -0.2) is 9.78 Å². The molecule has 0 bridgehead atoms. The normalized spacial score (nSPS) is 11.8. The summed E-state index contributed by atoms with van der Waals surface area (Å²) in [5.41, 5.74) is 3.74. The number of aromatic nitrogens is 2. The van der Waals surface area contributed by atoms with E-state index in [1.165, 1.54) is 36.4 Å². The first-order valence-corrected chi connectivity index (χ1v) is 7.61. The summed E-state index contributed by atoms with van der Waals surface area (Å²) in [5.74, 6) is -1.32. The first kappa shape index (κ1) is 17.6. The van der Waals surface area contributed by atoms with Crippen molar-refractivity contribution >= 4 is 29.0 Å². The van der Waals surface area contributed by atoms with Gasteiger partial charge in [-0.25, -0.2) is 9.07 Å². The predicted molar refractivity (Wildman–Crippen MR) is 88.4 cm³/mol. The van der Waals surface area contributed by atoms with Crippen molar-refractivity contribution in [3.63, 3.8) is 0 Å². The maximum atomic E-state index is 14.2. The van der Waals surface area contributed by atoms with Crippen molar-refractivity contribution in [3.05, 3.63) is 64.0 Å². The van der Waals surface area contributed by atoms with E-state index in [0.29, 0.717) is 5.02 Å². The van der Waals surface area contributed by atoms with E-state index in [9.17, 15) is 17.6 Å². The minimum atomic E-state index is -4.85. The van der Waals surface area contributed by atoms with E-state index in [4.69, 9.17) is 28.9 Å². The Labute approximate surface area is 149 Å².